The van der Waals surface area contributed by atoms with Crippen molar-refractivity contribution in [2.75, 3.05) is 18.5 Å². The number of anilines is 1. The molecule has 0 amide bonds. The quantitative estimate of drug-likeness (QED) is 0.883. The van der Waals surface area contributed by atoms with Crippen LogP contribution in [0.3, 0.4) is 0 Å². The van der Waals surface area contributed by atoms with Crippen molar-refractivity contribution in [3.05, 3.63) is 29.3 Å². The lowest BCUT2D eigenvalue weighted by atomic mass is 9.99. The fourth-order valence-corrected chi connectivity index (χ4v) is 2.53. The molecule has 1 saturated carbocycles. The summed E-state index contributed by atoms with van der Waals surface area (Å²) in [5.74, 6) is -0.167. The number of carboxylic acids is 1. The molecule has 1 aliphatic carbocycles. The molecule has 3 nitrogen and oxygen atoms in total. The molecule has 1 aromatic carbocycles. The topological polar surface area (TPSA) is 40.5 Å². The highest BCUT2D eigenvalue weighted by Gasteiger charge is 2.51. The van der Waals surface area contributed by atoms with Crippen molar-refractivity contribution < 1.29 is 9.90 Å². The molecule has 1 aliphatic rings. The van der Waals surface area contributed by atoms with Crippen LogP contribution in [0.5, 0.6) is 0 Å². The van der Waals surface area contributed by atoms with Crippen molar-refractivity contribution >= 4 is 11.7 Å². The van der Waals surface area contributed by atoms with Crippen LogP contribution in [0.1, 0.15) is 43.7 Å². The summed E-state index contributed by atoms with van der Waals surface area (Å²) >= 11 is 0. The van der Waals surface area contributed by atoms with E-state index in [2.05, 4.69) is 43.9 Å². The van der Waals surface area contributed by atoms with Crippen LogP contribution < -0.4 is 4.90 Å². The van der Waals surface area contributed by atoms with E-state index in [0.29, 0.717) is 12.5 Å². The fraction of sp³-hybridized carbons (Fsp3) is 0.562. The molecule has 0 aliphatic heterocycles. The highest BCUT2D eigenvalue weighted by atomic mass is 16.4. The summed E-state index contributed by atoms with van der Waals surface area (Å²) in [5, 5.41) is 9.29. The van der Waals surface area contributed by atoms with Crippen LogP contribution >= 0.6 is 0 Å². The number of nitrogens with zero attached hydrogens (tertiary/aromatic N) is 1. The maximum Gasteiger partial charge on any atom is 0.311 e. The molecule has 104 valence electrons. The summed E-state index contributed by atoms with van der Waals surface area (Å²) in [6.07, 6.45) is 1.60. The zero-order chi connectivity index (χ0) is 14.2. The molecule has 0 heterocycles. The van der Waals surface area contributed by atoms with E-state index < -0.39 is 11.4 Å². The number of hydrogen-bond donors (Lipinski definition) is 1. The summed E-state index contributed by atoms with van der Waals surface area (Å²) in [4.78, 5) is 13.4. The fourth-order valence-electron chi connectivity index (χ4n) is 2.53. The van der Waals surface area contributed by atoms with Gasteiger partial charge in [0, 0.05) is 19.3 Å². The van der Waals surface area contributed by atoms with E-state index in [0.717, 1.165) is 18.5 Å². The van der Waals surface area contributed by atoms with Gasteiger partial charge in [0.2, 0.25) is 0 Å². The molecule has 0 unspecified atom stereocenters. The molecule has 2 rings (SSSR count). The first kappa shape index (κ1) is 13.9. The first-order valence-electron chi connectivity index (χ1n) is 6.91. The van der Waals surface area contributed by atoms with Crippen molar-refractivity contribution in [1.29, 1.82) is 0 Å². The van der Waals surface area contributed by atoms with Crippen LogP contribution in [0.2, 0.25) is 0 Å². The minimum absolute atomic E-state index is 0.488. The second-order valence-electron chi connectivity index (χ2n) is 6.14. The van der Waals surface area contributed by atoms with Crippen LogP contribution in [-0.2, 0) is 4.79 Å². The lowest BCUT2D eigenvalue weighted by molar-refractivity contribution is -0.142. The zero-order valence-corrected chi connectivity index (χ0v) is 12.2. The highest BCUT2D eigenvalue weighted by molar-refractivity contribution is 5.79. The lowest BCUT2D eigenvalue weighted by Crippen LogP contribution is -2.32. The molecule has 1 aromatic rings. The third-order valence-electron chi connectivity index (χ3n) is 4.16. The minimum atomic E-state index is -0.656. The van der Waals surface area contributed by atoms with Gasteiger partial charge in [-0.05, 0) is 42.9 Å². The van der Waals surface area contributed by atoms with E-state index in [4.69, 9.17) is 0 Å². The van der Waals surface area contributed by atoms with Crippen molar-refractivity contribution in [1.82, 2.24) is 0 Å². The van der Waals surface area contributed by atoms with Gasteiger partial charge in [0.05, 0.1) is 5.41 Å². The number of carbonyl (C=O) groups is 1. The van der Waals surface area contributed by atoms with Crippen LogP contribution in [-0.4, -0.2) is 24.7 Å². The van der Waals surface area contributed by atoms with E-state index in [1.807, 2.05) is 7.05 Å². The standard InChI is InChI=1S/C16H23NO2/c1-11(2)13-6-5-12(3)14(9-13)17(4)10-16(7-8-16)15(18)19/h5-6,9,11H,7-8,10H2,1-4H3,(H,18,19). The van der Waals surface area contributed by atoms with Crippen LogP contribution in [0.15, 0.2) is 18.2 Å². The first-order chi connectivity index (χ1) is 8.85. The maximum absolute atomic E-state index is 11.3. The zero-order valence-electron chi connectivity index (χ0n) is 12.2. The van der Waals surface area contributed by atoms with Crippen LogP contribution in [0.25, 0.3) is 0 Å². The maximum atomic E-state index is 11.3. The van der Waals surface area contributed by atoms with Gasteiger partial charge in [-0.2, -0.15) is 0 Å². The summed E-state index contributed by atoms with van der Waals surface area (Å²) in [5.41, 5.74) is 3.15. The predicted molar refractivity (Wildman–Crippen MR) is 77.8 cm³/mol. The molecule has 0 atom stereocenters. The molecule has 3 heteroatoms. The Morgan fingerprint density at radius 1 is 1.42 bits per heavy atom. The Hall–Kier alpha value is -1.51. The minimum Gasteiger partial charge on any atom is -0.481 e. The normalized spacial score (nSPS) is 16.5. The van der Waals surface area contributed by atoms with Gasteiger partial charge in [-0.15, -0.1) is 0 Å². The third kappa shape index (κ3) is 2.75. The SMILES string of the molecule is Cc1ccc(C(C)C)cc1N(C)CC1(C(=O)O)CC1. The number of aryl methyl sites for hydroxylation is 1. The second-order valence-corrected chi connectivity index (χ2v) is 6.14. The van der Waals surface area contributed by atoms with Crippen molar-refractivity contribution in [3.63, 3.8) is 0 Å². The van der Waals surface area contributed by atoms with Gasteiger partial charge in [0.25, 0.3) is 0 Å². The van der Waals surface area contributed by atoms with E-state index in [1.165, 1.54) is 11.1 Å². The van der Waals surface area contributed by atoms with Crippen molar-refractivity contribution in [3.8, 4) is 0 Å². The van der Waals surface area contributed by atoms with Gasteiger partial charge < -0.3 is 10.0 Å². The average Bonchev–Trinajstić information content (AvgIpc) is 3.10. The molecule has 19 heavy (non-hydrogen) atoms. The largest absolute Gasteiger partial charge is 0.481 e. The number of rotatable bonds is 5. The van der Waals surface area contributed by atoms with Gasteiger partial charge >= 0.3 is 5.97 Å². The van der Waals surface area contributed by atoms with Gasteiger partial charge in [-0.3, -0.25) is 4.79 Å². The van der Waals surface area contributed by atoms with E-state index in [-0.39, 0.29) is 0 Å². The predicted octanol–water partition coefficient (Wildman–Crippen LogP) is 3.42. The molecule has 1 N–H and O–H groups in total. The Bertz CT molecular complexity index is 490. The summed E-state index contributed by atoms with van der Waals surface area (Å²) in [6, 6.07) is 6.47. The number of carboxylic acid groups (broad SMARTS) is 1. The molecule has 0 spiro atoms. The number of aliphatic carboxylic acids is 1. The second kappa shape index (κ2) is 4.87. The monoisotopic (exact) mass is 261 g/mol. The van der Waals surface area contributed by atoms with E-state index in [9.17, 15) is 9.90 Å². The Morgan fingerprint density at radius 3 is 2.53 bits per heavy atom. The lowest BCUT2D eigenvalue weighted by Gasteiger charge is -2.26. The van der Waals surface area contributed by atoms with Gasteiger partial charge in [0.1, 0.15) is 0 Å². The van der Waals surface area contributed by atoms with Crippen molar-refractivity contribution in [2.45, 2.75) is 39.5 Å². The third-order valence-corrected chi connectivity index (χ3v) is 4.16. The van der Waals surface area contributed by atoms with Gasteiger partial charge in [-0.25, -0.2) is 0 Å². The summed E-state index contributed by atoms with van der Waals surface area (Å²) in [7, 11) is 2.00. The Labute approximate surface area is 115 Å². The Kier molecular flexibility index (Phi) is 3.57. The number of hydrogen-bond acceptors (Lipinski definition) is 2. The number of benzene rings is 1. The van der Waals surface area contributed by atoms with Gasteiger partial charge in [-0.1, -0.05) is 26.0 Å². The van der Waals surface area contributed by atoms with Crippen LogP contribution in [0.4, 0.5) is 5.69 Å². The molecule has 0 radical (unpaired) electrons. The summed E-state index contributed by atoms with van der Waals surface area (Å²) in [6.45, 7) is 7.03. The first-order valence-corrected chi connectivity index (χ1v) is 6.91. The smallest absolute Gasteiger partial charge is 0.311 e. The molecule has 0 saturated heterocycles. The van der Waals surface area contributed by atoms with Crippen molar-refractivity contribution in [2.24, 2.45) is 5.41 Å². The average molecular weight is 261 g/mol. The summed E-state index contributed by atoms with van der Waals surface area (Å²) < 4.78 is 0. The molecular weight excluding hydrogens is 238 g/mol. The Balaban J connectivity index is 2.21. The van der Waals surface area contributed by atoms with E-state index >= 15 is 0 Å². The molecule has 0 aromatic heterocycles. The Morgan fingerprint density at radius 2 is 2.05 bits per heavy atom. The van der Waals surface area contributed by atoms with E-state index in [1.54, 1.807) is 0 Å². The van der Waals surface area contributed by atoms with Crippen LogP contribution in [0, 0.1) is 12.3 Å². The van der Waals surface area contributed by atoms with Gasteiger partial charge in [0.15, 0.2) is 0 Å². The molecular formula is C16H23NO2. The molecule has 0 bridgehead atoms. The molecule has 1 fully saturated rings. The highest BCUT2D eigenvalue weighted by Crippen LogP contribution is 2.47.